The molecule has 39 heavy (non-hydrogen) atoms. The molecule has 2 aliphatic rings. The number of alkyl halides is 3. The Morgan fingerprint density at radius 1 is 0.795 bits per heavy atom. The maximum Gasteiger partial charge on any atom is 0.416 e. The van der Waals surface area contributed by atoms with Gasteiger partial charge in [0.25, 0.3) is 0 Å². The molecule has 5 nitrogen and oxygen atoms in total. The largest absolute Gasteiger partial charge is 0.456 e. The highest BCUT2D eigenvalue weighted by molar-refractivity contribution is 5.97. The summed E-state index contributed by atoms with van der Waals surface area (Å²) in [6.07, 6.45) is -4.46. The lowest BCUT2D eigenvalue weighted by Gasteiger charge is -2.37. The summed E-state index contributed by atoms with van der Waals surface area (Å²) >= 11 is 0. The number of hydrogen-bond acceptors (Lipinski definition) is 5. The highest BCUT2D eigenvalue weighted by Crippen LogP contribution is 2.57. The monoisotopic (exact) mass is 530 g/mol. The molecule has 1 spiro atoms. The van der Waals surface area contributed by atoms with Gasteiger partial charge < -0.3 is 19.7 Å². The second-order valence-corrected chi connectivity index (χ2v) is 9.49. The van der Waals surface area contributed by atoms with Crippen molar-refractivity contribution >= 4 is 23.0 Å². The van der Waals surface area contributed by atoms with Crippen LogP contribution in [0.4, 0.5) is 30.2 Å². The molecule has 0 radical (unpaired) electrons. The molecular weight excluding hydrogens is 505 g/mol. The zero-order valence-corrected chi connectivity index (χ0v) is 21.3. The third-order valence-electron chi connectivity index (χ3n) is 7.30. The molecule has 2 heterocycles. The summed E-state index contributed by atoms with van der Waals surface area (Å²) in [5.41, 5.74) is 2.18. The van der Waals surface area contributed by atoms with Gasteiger partial charge in [-0.2, -0.15) is 13.2 Å². The number of esters is 1. The standard InChI is InChI=1S/C31H25F3N2O3/c1-3-36(4-2)22-13-14-25-28(18-22)38-27-15-12-21(35-20-9-7-8-19(16-20)31(32,33)34)17-26(27)30(25)24-11-6-5-10-23(24)29(37)39-30/h5-18,35H,3-4H2,1-2H3. The third kappa shape index (κ3) is 3.98. The number of nitrogens with zero attached hydrogens (tertiary/aromatic N) is 1. The minimum atomic E-state index is -4.46. The van der Waals surface area contributed by atoms with Crippen molar-refractivity contribution < 1.29 is 27.4 Å². The predicted octanol–water partition coefficient (Wildman–Crippen LogP) is 7.86. The van der Waals surface area contributed by atoms with Gasteiger partial charge in [0.15, 0.2) is 5.60 Å². The Morgan fingerprint density at radius 3 is 2.33 bits per heavy atom. The first-order valence-corrected chi connectivity index (χ1v) is 12.7. The molecule has 1 atom stereocenters. The van der Waals surface area contributed by atoms with E-state index in [2.05, 4.69) is 24.1 Å². The van der Waals surface area contributed by atoms with Crippen LogP contribution in [0.5, 0.6) is 11.5 Å². The molecule has 4 aromatic carbocycles. The summed E-state index contributed by atoms with van der Waals surface area (Å²) in [5, 5.41) is 3.07. The number of rotatable bonds is 5. The summed E-state index contributed by atoms with van der Waals surface area (Å²) in [4.78, 5) is 15.3. The number of ether oxygens (including phenoxy) is 2. The molecule has 0 aliphatic carbocycles. The Morgan fingerprint density at radius 2 is 1.56 bits per heavy atom. The summed E-state index contributed by atoms with van der Waals surface area (Å²) in [5.74, 6) is 0.627. The van der Waals surface area contributed by atoms with Crippen molar-refractivity contribution in [2.75, 3.05) is 23.3 Å². The lowest BCUT2D eigenvalue weighted by atomic mass is 9.77. The van der Waals surface area contributed by atoms with Gasteiger partial charge in [0.1, 0.15) is 11.5 Å². The van der Waals surface area contributed by atoms with E-state index in [1.54, 1.807) is 36.4 Å². The van der Waals surface area contributed by atoms with Crippen molar-refractivity contribution in [2.24, 2.45) is 0 Å². The molecule has 1 N–H and O–H groups in total. The number of carbonyl (C=O) groups is 1. The number of anilines is 3. The van der Waals surface area contributed by atoms with E-state index in [0.717, 1.165) is 30.9 Å². The van der Waals surface area contributed by atoms with Gasteiger partial charge in [-0.15, -0.1) is 0 Å². The van der Waals surface area contributed by atoms with Crippen molar-refractivity contribution in [1.82, 2.24) is 0 Å². The van der Waals surface area contributed by atoms with Crippen LogP contribution in [-0.2, 0) is 16.5 Å². The molecule has 0 saturated carbocycles. The van der Waals surface area contributed by atoms with Gasteiger partial charge >= 0.3 is 12.1 Å². The normalized spacial score (nSPS) is 17.1. The van der Waals surface area contributed by atoms with Crippen molar-refractivity contribution in [3.05, 3.63) is 113 Å². The van der Waals surface area contributed by atoms with Crippen molar-refractivity contribution in [3.8, 4) is 11.5 Å². The Labute approximate surface area is 223 Å². The van der Waals surface area contributed by atoms with Crippen molar-refractivity contribution in [3.63, 3.8) is 0 Å². The van der Waals surface area contributed by atoms with Gasteiger partial charge in [-0.3, -0.25) is 0 Å². The van der Waals surface area contributed by atoms with Crippen LogP contribution in [0.1, 0.15) is 46.5 Å². The van der Waals surface area contributed by atoms with Crippen molar-refractivity contribution in [1.29, 1.82) is 0 Å². The Balaban J connectivity index is 1.50. The van der Waals surface area contributed by atoms with E-state index in [1.165, 1.54) is 6.07 Å². The smallest absolute Gasteiger partial charge is 0.416 e. The summed E-state index contributed by atoms with van der Waals surface area (Å²) < 4.78 is 52.4. The topological polar surface area (TPSA) is 50.8 Å². The molecule has 8 heteroatoms. The van der Waals surface area contributed by atoms with Crippen LogP contribution in [0.25, 0.3) is 0 Å². The SMILES string of the molecule is CCN(CC)c1ccc2c(c1)Oc1ccc(Nc3cccc(C(F)(F)F)c3)cc1C21OC(=O)c2ccccc21. The van der Waals surface area contributed by atoms with Crippen molar-refractivity contribution in [2.45, 2.75) is 25.6 Å². The number of carbonyl (C=O) groups excluding carboxylic acids is 1. The number of hydrogen-bond donors (Lipinski definition) is 1. The molecule has 0 saturated heterocycles. The Hall–Kier alpha value is -4.46. The van der Waals surface area contributed by atoms with E-state index in [9.17, 15) is 18.0 Å². The third-order valence-corrected chi connectivity index (χ3v) is 7.30. The first kappa shape index (κ1) is 24.9. The van der Waals surface area contributed by atoms with Gasteiger partial charge in [0.2, 0.25) is 0 Å². The molecule has 198 valence electrons. The fourth-order valence-electron chi connectivity index (χ4n) is 5.46. The van der Waals surface area contributed by atoms with Crippen LogP contribution >= 0.6 is 0 Å². The van der Waals surface area contributed by atoms with E-state index in [4.69, 9.17) is 9.47 Å². The van der Waals surface area contributed by atoms with E-state index in [-0.39, 0.29) is 5.69 Å². The van der Waals surface area contributed by atoms with E-state index in [1.807, 2.05) is 30.3 Å². The van der Waals surface area contributed by atoms with Crippen LogP contribution in [0, 0.1) is 0 Å². The lowest BCUT2D eigenvalue weighted by molar-refractivity contribution is -0.137. The molecule has 4 aromatic rings. The maximum atomic E-state index is 13.3. The first-order chi connectivity index (χ1) is 18.7. The molecule has 0 fully saturated rings. The lowest BCUT2D eigenvalue weighted by Crippen LogP contribution is -2.33. The molecule has 0 aromatic heterocycles. The summed E-state index contributed by atoms with van der Waals surface area (Å²) in [6, 6.07) is 23.4. The van der Waals surface area contributed by atoms with E-state index >= 15 is 0 Å². The van der Waals surface area contributed by atoms with Gasteiger partial charge in [0, 0.05) is 52.9 Å². The highest BCUT2D eigenvalue weighted by atomic mass is 19.4. The highest BCUT2D eigenvalue weighted by Gasteiger charge is 2.53. The van der Waals surface area contributed by atoms with Gasteiger partial charge in [0.05, 0.1) is 11.1 Å². The van der Waals surface area contributed by atoms with Gasteiger partial charge in [-0.25, -0.2) is 4.79 Å². The van der Waals surface area contributed by atoms with Gasteiger partial charge in [-0.05, 0) is 68.4 Å². The minimum Gasteiger partial charge on any atom is -0.456 e. The van der Waals surface area contributed by atoms with Gasteiger partial charge in [-0.1, -0.05) is 24.3 Å². The average Bonchev–Trinajstić information content (AvgIpc) is 3.22. The molecule has 1 unspecified atom stereocenters. The fourth-order valence-corrected chi connectivity index (χ4v) is 5.46. The fraction of sp³-hybridized carbons (Fsp3) is 0.194. The number of fused-ring (bicyclic) bond motifs is 6. The van der Waals surface area contributed by atoms with E-state index < -0.39 is 23.3 Å². The predicted molar refractivity (Wildman–Crippen MR) is 143 cm³/mol. The zero-order chi connectivity index (χ0) is 27.4. The number of nitrogens with one attached hydrogen (secondary N) is 1. The molecule has 2 aliphatic heterocycles. The summed E-state index contributed by atoms with van der Waals surface area (Å²) in [6.45, 7) is 5.79. The van der Waals surface area contributed by atoms with Crippen LogP contribution in [-0.4, -0.2) is 19.1 Å². The Bertz CT molecular complexity index is 1600. The summed E-state index contributed by atoms with van der Waals surface area (Å²) in [7, 11) is 0. The molecule has 0 amide bonds. The quantitative estimate of drug-likeness (QED) is 0.266. The van der Waals surface area contributed by atoms with Crippen LogP contribution in [0.3, 0.4) is 0 Å². The average molecular weight is 531 g/mol. The second kappa shape index (κ2) is 9.08. The number of halogens is 3. The van der Waals surface area contributed by atoms with E-state index in [0.29, 0.717) is 39.4 Å². The second-order valence-electron chi connectivity index (χ2n) is 9.49. The minimum absolute atomic E-state index is 0.281. The molecule has 6 rings (SSSR count). The first-order valence-electron chi connectivity index (χ1n) is 12.7. The molecule has 0 bridgehead atoms. The number of benzene rings is 4. The van der Waals surface area contributed by atoms with Crippen LogP contribution in [0.15, 0.2) is 84.9 Å². The molecular formula is C31H25F3N2O3. The maximum absolute atomic E-state index is 13.3. The zero-order valence-electron chi connectivity index (χ0n) is 21.3. The van der Waals surface area contributed by atoms with Crippen LogP contribution in [0.2, 0.25) is 0 Å². The Kier molecular flexibility index (Phi) is 5.79. The van der Waals surface area contributed by atoms with Crippen LogP contribution < -0.4 is 15.0 Å².